The van der Waals surface area contributed by atoms with Crippen molar-refractivity contribution in [1.82, 2.24) is 5.32 Å². The van der Waals surface area contributed by atoms with Gasteiger partial charge in [0.2, 0.25) is 0 Å². The molecule has 0 aromatic rings. The normalized spacial score (nSPS) is 30.7. The molecule has 1 rings (SSSR count). The Kier molecular flexibility index (Phi) is 5.14. The van der Waals surface area contributed by atoms with Gasteiger partial charge in [0, 0.05) is 25.0 Å². The highest BCUT2D eigenvalue weighted by Gasteiger charge is 2.35. The Hall–Kier alpha value is -0.520. The van der Waals surface area contributed by atoms with Crippen molar-refractivity contribution in [2.45, 2.75) is 51.5 Å². The summed E-state index contributed by atoms with van der Waals surface area (Å²) in [6.45, 7) is 5.95. The molecule has 1 aliphatic rings. The van der Waals surface area contributed by atoms with Crippen LogP contribution < -0.4 is 11.1 Å². The van der Waals surface area contributed by atoms with Crippen LogP contribution in [0.5, 0.6) is 0 Å². The fourth-order valence-electron chi connectivity index (χ4n) is 2.55. The van der Waals surface area contributed by atoms with Gasteiger partial charge in [-0.25, -0.2) is 0 Å². The first-order valence-corrected chi connectivity index (χ1v) is 6.10. The van der Waals surface area contributed by atoms with E-state index in [0.29, 0.717) is 5.92 Å². The Morgan fingerprint density at radius 1 is 1.47 bits per heavy atom. The molecule has 0 bridgehead atoms. The van der Waals surface area contributed by atoms with Gasteiger partial charge in [-0.3, -0.25) is 0 Å². The van der Waals surface area contributed by atoms with Crippen LogP contribution in [0.4, 0.5) is 0 Å². The molecule has 1 saturated carbocycles. The van der Waals surface area contributed by atoms with Crippen molar-refractivity contribution >= 4 is 0 Å². The molecule has 1 aliphatic carbocycles. The van der Waals surface area contributed by atoms with E-state index in [4.69, 9.17) is 5.73 Å². The molecule has 86 valence electrons. The quantitative estimate of drug-likeness (QED) is 0.547. The number of nitrogens with two attached hydrogens (primary N) is 1. The lowest BCUT2D eigenvalue weighted by atomic mass is 9.73. The predicted octanol–water partition coefficient (Wildman–Crippen LogP) is 1.90. The summed E-state index contributed by atoms with van der Waals surface area (Å²) in [6, 6.07) is 0. The monoisotopic (exact) mass is 208 g/mol. The van der Waals surface area contributed by atoms with Gasteiger partial charge in [0.15, 0.2) is 0 Å². The van der Waals surface area contributed by atoms with E-state index in [0.717, 1.165) is 19.5 Å². The zero-order valence-corrected chi connectivity index (χ0v) is 10.1. The van der Waals surface area contributed by atoms with E-state index in [1.807, 2.05) is 6.92 Å². The third-order valence-corrected chi connectivity index (χ3v) is 3.72. The van der Waals surface area contributed by atoms with Gasteiger partial charge in [-0.2, -0.15) is 0 Å². The molecule has 3 N–H and O–H groups in total. The van der Waals surface area contributed by atoms with E-state index in [-0.39, 0.29) is 5.54 Å². The molecular weight excluding hydrogens is 184 g/mol. The Morgan fingerprint density at radius 2 is 2.27 bits per heavy atom. The summed E-state index contributed by atoms with van der Waals surface area (Å²) < 4.78 is 0. The molecule has 2 atom stereocenters. The Bertz CT molecular complexity index is 239. The van der Waals surface area contributed by atoms with Crippen LogP contribution in [0, 0.1) is 17.8 Å². The molecule has 0 spiro atoms. The topological polar surface area (TPSA) is 38.0 Å². The van der Waals surface area contributed by atoms with Crippen molar-refractivity contribution in [3.05, 3.63) is 0 Å². The third-order valence-electron chi connectivity index (χ3n) is 3.72. The molecule has 2 unspecified atom stereocenters. The summed E-state index contributed by atoms with van der Waals surface area (Å²) in [5, 5.41) is 3.64. The molecule has 0 saturated heterocycles. The van der Waals surface area contributed by atoms with Gasteiger partial charge in [0.05, 0.1) is 0 Å². The van der Waals surface area contributed by atoms with Crippen molar-refractivity contribution in [1.29, 1.82) is 0 Å². The average Bonchev–Trinajstić information content (AvgIpc) is 2.27. The Morgan fingerprint density at radius 3 is 2.87 bits per heavy atom. The maximum atomic E-state index is 5.94. The van der Waals surface area contributed by atoms with Crippen molar-refractivity contribution in [3.63, 3.8) is 0 Å². The summed E-state index contributed by atoms with van der Waals surface area (Å²) in [6.07, 6.45) is 6.15. The van der Waals surface area contributed by atoms with Crippen LogP contribution in [0.15, 0.2) is 0 Å². The first-order valence-electron chi connectivity index (χ1n) is 6.10. The van der Waals surface area contributed by atoms with Crippen LogP contribution in [-0.4, -0.2) is 18.6 Å². The molecule has 15 heavy (non-hydrogen) atoms. The van der Waals surface area contributed by atoms with Gasteiger partial charge in [-0.05, 0) is 25.7 Å². The minimum absolute atomic E-state index is 0.188. The number of hydrogen-bond acceptors (Lipinski definition) is 2. The minimum Gasteiger partial charge on any atom is -0.329 e. The zero-order chi connectivity index (χ0) is 11.1. The zero-order valence-electron chi connectivity index (χ0n) is 10.1. The number of hydrogen-bond donors (Lipinski definition) is 2. The second-order valence-corrected chi connectivity index (χ2v) is 4.61. The average molecular weight is 208 g/mol. The second kappa shape index (κ2) is 6.15. The van der Waals surface area contributed by atoms with Crippen molar-refractivity contribution < 1.29 is 0 Å². The summed E-state index contributed by atoms with van der Waals surface area (Å²) in [4.78, 5) is 0. The summed E-state index contributed by atoms with van der Waals surface area (Å²) in [5.41, 5.74) is 6.13. The highest BCUT2D eigenvalue weighted by molar-refractivity contribution is 4.99. The third kappa shape index (κ3) is 3.22. The fourth-order valence-corrected chi connectivity index (χ4v) is 2.55. The van der Waals surface area contributed by atoms with E-state index in [1.165, 1.54) is 25.7 Å². The highest BCUT2D eigenvalue weighted by atomic mass is 15.0. The molecule has 0 radical (unpaired) electrons. The molecule has 0 amide bonds. The molecule has 2 heteroatoms. The van der Waals surface area contributed by atoms with Crippen molar-refractivity contribution in [2.75, 3.05) is 13.1 Å². The highest BCUT2D eigenvalue weighted by Crippen LogP contribution is 2.32. The number of rotatable bonds is 4. The first kappa shape index (κ1) is 12.5. The smallest absolute Gasteiger partial charge is 0.0330 e. The first-order chi connectivity index (χ1) is 7.25. The summed E-state index contributed by atoms with van der Waals surface area (Å²) in [5.74, 6) is 6.72. The second-order valence-electron chi connectivity index (χ2n) is 4.61. The molecule has 0 aromatic heterocycles. The standard InChI is InChI=1S/C13H24N2/c1-3-4-7-10-15-13(11-14)9-6-5-8-12(13)2/h12,15H,5-11,14H2,1-2H3. The van der Waals surface area contributed by atoms with Gasteiger partial charge < -0.3 is 11.1 Å². The molecule has 0 aliphatic heterocycles. The van der Waals surface area contributed by atoms with Crippen molar-refractivity contribution in [3.8, 4) is 11.8 Å². The van der Waals surface area contributed by atoms with Crippen LogP contribution in [0.3, 0.4) is 0 Å². The Labute approximate surface area is 94.0 Å². The van der Waals surface area contributed by atoms with Gasteiger partial charge in [-0.15, -0.1) is 11.8 Å². The predicted molar refractivity (Wildman–Crippen MR) is 65.5 cm³/mol. The van der Waals surface area contributed by atoms with E-state index in [9.17, 15) is 0 Å². The van der Waals surface area contributed by atoms with E-state index in [2.05, 4.69) is 24.1 Å². The van der Waals surface area contributed by atoms with Gasteiger partial charge >= 0.3 is 0 Å². The lowest BCUT2D eigenvalue weighted by Gasteiger charge is -2.43. The number of nitrogens with one attached hydrogen (secondary N) is 1. The molecular formula is C13H24N2. The maximum absolute atomic E-state index is 5.94. The van der Waals surface area contributed by atoms with Gasteiger partial charge in [0.25, 0.3) is 0 Å². The van der Waals surface area contributed by atoms with E-state index in [1.54, 1.807) is 0 Å². The largest absolute Gasteiger partial charge is 0.329 e. The Balaban J connectivity index is 2.45. The minimum atomic E-state index is 0.188. The van der Waals surface area contributed by atoms with Gasteiger partial charge in [0.1, 0.15) is 0 Å². The van der Waals surface area contributed by atoms with Gasteiger partial charge in [-0.1, -0.05) is 19.8 Å². The van der Waals surface area contributed by atoms with E-state index < -0.39 is 0 Å². The van der Waals surface area contributed by atoms with Crippen LogP contribution >= 0.6 is 0 Å². The maximum Gasteiger partial charge on any atom is 0.0330 e. The summed E-state index contributed by atoms with van der Waals surface area (Å²) >= 11 is 0. The van der Waals surface area contributed by atoms with Crippen LogP contribution in [0.25, 0.3) is 0 Å². The molecule has 1 fully saturated rings. The molecule has 0 heterocycles. The summed E-state index contributed by atoms with van der Waals surface area (Å²) in [7, 11) is 0. The lowest BCUT2D eigenvalue weighted by molar-refractivity contribution is 0.163. The van der Waals surface area contributed by atoms with Crippen LogP contribution in [0.1, 0.15) is 46.0 Å². The fraction of sp³-hybridized carbons (Fsp3) is 0.846. The van der Waals surface area contributed by atoms with E-state index >= 15 is 0 Å². The lowest BCUT2D eigenvalue weighted by Crippen LogP contribution is -2.57. The van der Waals surface area contributed by atoms with Crippen molar-refractivity contribution in [2.24, 2.45) is 11.7 Å². The SMILES string of the molecule is CC#CCCNC1(CN)CCCCC1C. The molecule has 0 aromatic carbocycles. The van der Waals surface area contributed by atoms with Crippen LogP contribution in [0.2, 0.25) is 0 Å². The molecule has 2 nitrogen and oxygen atoms in total. The van der Waals surface area contributed by atoms with Crippen LogP contribution in [-0.2, 0) is 0 Å².